The summed E-state index contributed by atoms with van der Waals surface area (Å²) in [5.41, 5.74) is 0. The van der Waals surface area contributed by atoms with E-state index in [2.05, 4.69) is 72.4 Å². The van der Waals surface area contributed by atoms with E-state index < -0.39 is 0 Å². The summed E-state index contributed by atoms with van der Waals surface area (Å²) in [7, 11) is 0. The highest BCUT2D eigenvalue weighted by molar-refractivity contribution is 7.78. The zero-order valence-electron chi connectivity index (χ0n) is 4.46. The van der Waals surface area contributed by atoms with Gasteiger partial charge < -0.3 is 0 Å². The molecule has 0 atom stereocenters. The van der Waals surface area contributed by atoms with Crippen molar-refractivity contribution >= 4 is 72.4 Å². The van der Waals surface area contributed by atoms with Crippen LogP contribution in [-0.2, 0) is 0 Å². The molecule has 4 heteroatoms. The third-order valence-electron chi connectivity index (χ3n) is 0. The van der Waals surface area contributed by atoms with Gasteiger partial charge in [0.05, 0.1) is 0 Å². The molecule has 0 aromatic heterocycles. The summed E-state index contributed by atoms with van der Waals surface area (Å²) in [5.74, 6) is 11.3. The summed E-state index contributed by atoms with van der Waals surface area (Å²) >= 11 is 15.3. The molecule has 0 aromatic rings. The predicted molar refractivity (Wildman–Crippen MR) is 58.8 cm³/mol. The molecule has 0 saturated carbocycles. The van der Waals surface area contributed by atoms with Crippen LogP contribution in [0.5, 0.6) is 0 Å². The van der Waals surface area contributed by atoms with Gasteiger partial charge in [-0.05, 0) is 23.5 Å². The van der Waals surface area contributed by atoms with Crippen molar-refractivity contribution < 1.29 is 0 Å². The molecule has 0 bridgehead atoms. The molecule has 0 saturated heterocycles. The lowest BCUT2D eigenvalue weighted by Gasteiger charge is -0.774. The molecular formula is C4H8S4. The van der Waals surface area contributed by atoms with E-state index in [1.54, 1.807) is 0 Å². The Morgan fingerprint density at radius 1 is 0.375 bits per heavy atom. The molecule has 8 heavy (non-hydrogen) atoms. The Kier molecular flexibility index (Phi) is 6840. The summed E-state index contributed by atoms with van der Waals surface area (Å²) in [6.45, 7) is 0. The van der Waals surface area contributed by atoms with Gasteiger partial charge in [-0.25, -0.2) is 0 Å². The molecule has 0 N–H and O–H groups in total. The van der Waals surface area contributed by atoms with E-state index in [0.717, 1.165) is 0 Å². The highest BCUT2D eigenvalue weighted by atomic mass is 32.1. The summed E-state index contributed by atoms with van der Waals surface area (Å²) in [5, 5.41) is 0. The smallest absolute Gasteiger partial charge is 0.0351 e. The third-order valence-corrected chi connectivity index (χ3v) is 0. The van der Waals surface area contributed by atoms with E-state index in [-0.39, 0.29) is 0 Å². The summed E-state index contributed by atoms with van der Waals surface area (Å²) in [6, 6.07) is 0. The molecule has 0 rings (SSSR count). The van der Waals surface area contributed by atoms with Gasteiger partial charge >= 0.3 is 0 Å². The molecule has 0 aliphatic heterocycles. The minimum atomic E-state index is 2.83. The lowest BCUT2D eigenvalue weighted by molar-refractivity contribution is 4.83. The molecule has 0 nitrogen and oxygen atoms in total. The van der Waals surface area contributed by atoms with Gasteiger partial charge in [0.25, 0.3) is 0 Å². The Morgan fingerprint density at radius 2 is 0.375 bits per heavy atom. The van der Waals surface area contributed by atoms with E-state index in [9.17, 15) is 0 Å². The monoisotopic (exact) mass is 184 g/mol. The second kappa shape index (κ2) is 2300. The van der Waals surface area contributed by atoms with Gasteiger partial charge in [0, 0.05) is 0 Å². The maximum absolute atomic E-state index is 3.83. The van der Waals surface area contributed by atoms with Gasteiger partial charge in [0.2, 0.25) is 0 Å². The Morgan fingerprint density at radius 3 is 0.375 bits per heavy atom. The lowest BCUT2D eigenvalue weighted by atomic mass is 12.0. The summed E-state index contributed by atoms with van der Waals surface area (Å²) < 4.78 is 0. The SMILES string of the molecule is C=S.C=S.C=S.C=S. The molecule has 0 heterocycles. The van der Waals surface area contributed by atoms with Crippen LogP contribution >= 0.6 is 48.9 Å². The second-order valence-electron chi connectivity index (χ2n) is 0. The van der Waals surface area contributed by atoms with Crippen molar-refractivity contribution in [1.82, 2.24) is 0 Å². The van der Waals surface area contributed by atoms with Crippen LogP contribution in [0.25, 0.3) is 0 Å². The molecule has 0 radical (unpaired) electrons. The van der Waals surface area contributed by atoms with Crippen LogP contribution in [0.15, 0.2) is 0 Å². The number of rotatable bonds is 0. The molecule has 0 fully saturated rings. The fourth-order valence-electron chi connectivity index (χ4n) is 0. The van der Waals surface area contributed by atoms with E-state index in [1.807, 2.05) is 0 Å². The van der Waals surface area contributed by atoms with Crippen LogP contribution in [0.2, 0.25) is 0 Å². The van der Waals surface area contributed by atoms with Gasteiger partial charge in [-0.1, -0.05) is 48.9 Å². The van der Waals surface area contributed by atoms with E-state index >= 15 is 0 Å². The number of hydrogen-bond donors (Lipinski definition) is 0. The minimum absolute atomic E-state index is 2.83. The van der Waals surface area contributed by atoms with Gasteiger partial charge in [-0.3, -0.25) is 0 Å². The zero-order chi connectivity index (χ0) is 8.00. The third kappa shape index (κ3) is 1410. The largest absolute Gasteiger partial charge is 0.0973 e. The quantitative estimate of drug-likeness (QED) is 0.530. The Bertz CT molecular complexity index is 16.0. The van der Waals surface area contributed by atoms with Crippen molar-refractivity contribution in [2.24, 2.45) is 0 Å². The first-order valence-corrected chi connectivity index (χ1v) is 3.46. The molecule has 48 valence electrons. The predicted octanol–water partition coefficient (Wildman–Crippen LogP) is 2.46. The topological polar surface area (TPSA) is 0 Å². The van der Waals surface area contributed by atoms with Crippen molar-refractivity contribution in [2.75, 3.05) is 0 Å². The second-order valence-corrected chi connectivity index (χ2v) is 0. The highest BCUT2D eigenvalue weighted by Crippen LogP contribution is 1.04. The first kappa shape index (κ1) is 23.8. The van der Waals surface area contributed by atoms with E-state index in [0.29, 0.717) is 0 Å². The molecule has 0 spiro atoms. The number of hydrogen-bond acceptors (Lipinski definition) is 4. The standard InChI is InChI=1S/4CH2S/c4*1-2/h4*1H2. The van der Waals surface area contributed by atoms with Gasteiger partial charge in [0.15, 0.2) is 0 Å². The van der Waals surface area contributed by atoms with E-state index in [1.165, 1.54) is 0 Å². The van der Waals surface area contributed by atoms with Crippen LogP contribution in [0.3, 0.4) is 0 Å². The highest BCUT2D eigenvalue weighted by Gasteiger charge is 0.648. The van der Waals surface area contributed by atoms with Crippen molar-refractivity contribution in [2.45, 2.75) is 0 Å². The normalized spacial score (nSPS) is 2.00. The number of thiocarbonyl (C=S) groups is 4. The van der Waals surface area contributed by atoms with Crippen molar-refractivity contribution in [3.63, 3.8) is 0 Å². The van der Waals surface area contributed by atoms with E-state index in [4.69, 9.17) is 0 Å². The summed E-state index contributed by atoms with van der Waals surface area (Å²) in [4.78, 5) is 0. The molecule has 0 aliphatic rings. The van der Waals surface area contributed by atoms with Gasteiger partial charge in [-0.15, -0.1) is 0 Å². The Hall–Kier alpha value is 0.360. The van der Waals surface area contributed by atoms with Crippen molar-refractivity contribution in [3.8, 4) is 0 Å². The first-order chi connectivity index (χ1) is 4.00. The van der Waals surface area contributed by atoms with Crippen LogP contribution in [-0.4, -0.2) is 23.5 Å². The lowest BCUT2D eigenvalue weighted by Crippen LogP contribution is -0.661. The fourth-order valence-corrected chi connectivity index (χ4v) is 0. The minimum Gasteiger partial charge on any atom is -0.0973 e. The van der Waals surface area contributed by atoms with Crippen molar-refractivity contribution in [3.05, 3.63) is 0 Å². The first-order valence-electron chi connectivity index (χ1n) is 1.15. The van der Waals surface area contributed by atoms with Crippen molar-refractivity contribution in [1.29, 1.82) is 0 Å². The maximum Gasteiger partial charge on any atom is -0.0351 e. The van der Waals surface area contributed by atoms with Crippen LogP contribution < -0.4 is 0 Å². The molecule has 0 unspecified atom stereocenters. The Labute approximate surface area is 72.3 Å². The van der Waals surface area contributed by atoms with Crippen LogP contribution in [0.1, 0.15) is 0 Å². The van der Waals surface area contributed by atoms with Crippen LogP contribution in [0, 0.1) is 0 Å². The molecule has 0 aromatic carbocycles. The van der Waals surface area contributed by atoms with Crippen LogP contribution in [0.4, 0.5) is 0 Å². The summed E-state index contributed by atoms with van der Waals surface area (Å²) in [6.07, 6.45) is 0. The Balaban J connectivity index is -0.0000000133. The van der Waals surface area contributed by atoms with Gasteiger partial charge in [-0.2, -0.15) is 0 Å². The average Bonchev–Trinajstić information content (AvgIpc) is 2.03. The maximum atomic E-state index is 3.83. The molecular weight excluding hydrogens is 176 g/mol. The zero-order valence-corrected chi connectivity index (χ0v) is 7.73. The molecule has 0 aliphatic carbocycles. The fraction of sp³-hybridized carbons (Fsp3) is 0. The average molecular weight is 184 g/mol. The van der Waals surface area contributed by atoms with Gasteiger partial charge in [0.1, 0.15) is 0 Å². The molecule has 0 amide bonds.